The largest absolute Gasteiger partial charge is 0.488 e. The van der Waals surface area contributed by atoms with E-state index in [9.17, 15) is 0 Å². The van der Waals surface area contributed by atoms with E-state index in [-0.39, 0.29) is 0 Å². The summed E-state index contributed by atoms with van der Waals surface area (Å²) in [7, 11) is 1.70. The summed E-state index contributed by atoms with van der Waals surface area (Å²) in [6.45, 7) is 4.88. The lowest BCUT2D eigenvalue weighted by Gasteiger charge is -2.12. The molecule has 1 aromatic carbocycles. The Morgan fingerprint density at radius 3 is 2.94 bits per heavy atom. The molecule has 0 heterocycles. The molecular formula is C14H20BrNO2. The number of para-hydroxylation sites is 1. The van der Waals surface area contributed by atoms with Gasteiger partial charge in [0.15, 0.2) is 0 Å². The molecule has 1 rings (SSSR count). The van der Waals surface area contributed by atoms with Crippen LogP contribution in [0.5, 0.6) is 5.75 Å². The minimum absolute atomic E-state index is 0.587. The van der Waals surface area contributed by atoms with Gasteiger partial charge in [0.25, 0.3) is 0 Å². The highest BCUT2D eigenvalue weighted by Gasteiger charge is 2.07. The highest BCUT2D eigenvalue weighted by Crippen LogP contribution is 2.29. The van der Waals surface area contributed by atoms with E-state index in [0.717, 1.165) is 28.9 Å². The molecule has 0 atom stereocenters. The molecule has 1 N–H and O–H groups in total. The average Bonchev–Trinajstić information content (AvgIpc) is 2.37. The first-order chi connectivity index (χ1) is 8.79. The van der Waals surface area contributed by atoms with Crippen molar-refractivity contribution in [2.24, 2.45) is 0 Å². The number of methoxy groups -OCH3 is 1. The predicted octanol–water partition coefficient (Wildman–Crippen LogP) is 3.14. The molecule has 0 amide bonds. The first-order valence-electron chi connectivity index (χ1n) is 6.00. The summed E-state index contributed by atoms with van der Waals surface area (Å²) in [5, 5.41) is 3.32. The first kappa shape index (κ1) is 15.2. The molecule has 4 heteroatoms. The van der Waals surface area contributed by atoms with E-state index >= 15 is 0 Å². The Balaban J connectivity index is 2.61. The van der Waals surface area contributed by atoms with Crippen LogP contribution < -0.4 is 10.1 Å². The quantitative estimate of drug-likeness (QED) is 0.591. The summed E-state index contributed by atoms with van der Waals surface area (Å²) in [4.78, 5) is 0. The van der Waals surface area contributed by atoms with Crippen molar-refractivity contribution >= 4 is 15.9 Å². The monoisotopic (exact) mass is 313 g/mol. The smallest absolute Gasteiger partial charge is 0.138 e. The standard InChI is InChI=1S/C14H20BrNO2/c1-3-4-9-18-14-12(6-5-7-13(14)15)11-16-8-10-17-2/h3-7,16H,8-11H2,1-2H3. The number of ether oxygens (including phenoxy) is 2. The van der Waals surface area contributed by atoms with Gasteiger partial charge in [-0.2, -0.15) is 0 Å². The fourth-order valence-corrected chi connectivity index (χ4v) is 2.00. The molecule has 0 radical (unpaired) electrons. The zero-order chi connectivity index (χ0) is 13.2. The maximum absolute atomic E-state index is 5.76. The van der Waals surface area contributed by atoms with Crippen LogP contribution >= 0.6 is 15.9 Å². The van der Waals surface area contributed by atoms with Crippen molar-refractivity contribution in [3.63, 3.8) is 0 Å². The predicted molar refractivity (Wildman–Crippen MR) is 78.0 cm³/mol. The van der Waals surface area contributed by atoms with Gasteiger partial charge in [0.2, 0.25) is 0 Å². The minimum atomic E-state index is 0.587. The molecule has 18 heavy (non-hydrogen) atoms. The van der Waals surface area contributed by atoms with Gasteiger partial charge in [-0.15, -0.1) is 0 Å². The van der Waals surface area contributed by atoms with Gasteiger partial charge < -0.3 is 14.8 Å². The summed E-state index contributed by atoms with van der Waals surface area (Å²) in [6.07, 6.45) is 3.97. The van der Waals surface area contributed by atoms with E-state index in [0.29, 0.717) is 13.2 Å². The lowest BCUT2D eigenvalue weighted by atomic mass is 10.2. The van der Waals surface area contributed by atoms with Crippen LogP contribution in [-0.2, 0) is 11.3 Å². The van der Waals surface area contributed by atoms with Crippen molar-refractivity contribution < 1.29 is 9.47 Å². The Morgan fingerprint density at radius 2 is 2.22 bits per heavy atom. The third kappa shape index (κ3) is 5.21. The third-order valence-corrected chi connectivity index (χ3v) is 3.03. The molecule has 0 aliphatic rings. The topological polar surface area (TPSA) is 30.5 Å². The second kappa shape index (κ2) is 9.14. The van der Waals surface area contributed by atoms with Crippen molar-refractivity contribution in [1.82, 2.24) is 5.32 Å². The van der Waals surface area contributed by atoms with Crippen molar-refractivity contribution in [3.8, 4) is 5.75 Å². The van der Waals surface area contributed by atoms with E-state index in [1.807, 2.05) is 31.2 Å². The molecule has 3 nitrogen and oxygen atoms in total. The molecule has 0 aliphatic carbocycles. The van der Waals surface area contributed by atoms with E-state index in [4.69, 9.17) is 9.47 Å². The van der Waals surface area contributed by atoms with Crippen LogP contribution in [0.25, 0.3) is 0 Å². The van der Waals surface area contributed by atoms with Crippen LogP contribution in [0.15, 0.2) is 34.8 Å². The second-order valence-corrected chi connectivity index (χ2v) is 4.63. The summed E-state index contributed by atoms with van der Waals surface area (Å²) in [5.41, 5.74) is 1.14. The molecule has 0 unspecified atom stereocenters. The zero-order valence-electron chi connectivity index (χ0n) is 10.9. The number of halogens is 1. The van der Waals surface area contributed by atoms with E-state index < -0.39 is 0 Å². The van der Waals surface area contributed by atoms with E-state index in [1.165, 1.54) is 0 Å². The van der Waals surface area contributed by atoms with Gasteiger partial charge >= 0.3 is 0 Å². The Labute approximate surface area is 117 Å². The van der Waals surface area contributed by atoms with Crippen molar-refractivity contribution in [2.75, 3.05) is 26.9 Å². The molecule has 0 bridgehead atoms. The maximum atomic E-state index is 5.76. The average molecular weight is 314 g/mol. The Bertz CT molecular complexity index is 380. The summed E-state index contributed by atoms with van der Waals surface area (Å²) >= 11 is 3.52. The van der Waals surface area contributed by atoms with Gasteiger partial charge in [-0.1, -0.05) is 24.3 Å². The molecular weight excluding hydrogens is 294 g/mol. The molecule has 0 aliphatic heterocycles. The fraction of sp³-hybridized carbons (Fsp3) is 0.429. The van der Waals surface area contributed by atoms with Gasteiger partial charge in [-0.3, -0.25) is 0 Å². The second-order valence-electron chi connectivity index (χ2n) is 3.78. The Hall–Kier alpha value is -0.840. The van der Waals surface area contributed by atoms with Crippen LogP contribution in [0.4, 0.5) is 0 Å². The molecule has 0 fully saturated rings. The first-order valence-corrected chi connectivity index (χ1v) is 6.80. The zero-order valence-corrected chi connectivity index (χ0v) is 12.5. The Kier molecular flexibility index (Phi) is 7.73. The van der Waals surface area contributed by atoms with Crippen LogP contribution in [0.3, 0.4) is 0 Å². The number of rotatable bonds is 8. The van der Waals surface area contributed by atoms with Gasteiger partial charge in [0.05, 0.1) is 11.1 Å². The summed E-state index contributed by atoms with van der Waals surface area (Å²) in [5.74, 6) is 0.903. The number of hydrogen-bond acceptors (Lipinski definition) is 3. The molecule has 0 saturated heterocycles. The van der Waals surface area contributed by atoms with Gasteiger partial charge in [0.1, 0.15) is 12.4 Å². The van der Waals surface area contributed by atoms with Crippen molar-refractivity contribution in [3.05, 3.63) is 40.4 Å². The van der Waals surface area contributed by atoms with Crippen LogP contribution in [0, 0.1) is 0 Å². The fourth-order valence-electron chi connectivity index (χ4n) is 1.48. The summed E-state index contributed by atoms with van der Waals surface area (Å²) in [6, 6.07) is 6.07. The molecule has 1 aromatic rings. The number of benzene rings is 1. The lowest BCUT2D eigenvalue weighted by molar-refractivity contribution is 0.199. The van der Waals surface area contributed by atoms with Gasteiger partial charge in [-0.25, -0.2) is 0 Å². The van der Waals surface area contributed by atoms with Crippen molar-refractivity contribution in [1.29, 1.82) is 0 Å². The van der Waals surface area contributed by atoms with Gasteiger partial charge in [-0.05, 0) is 28.9 Å². The summed E-state index contributed by atoms with van der Waals surface area (Å²) < 4.78 is 11.7. The molecule has 100 valence electrons. The van der Waals surface area contributed by atoms with Crippen LogP contribution in [-0.4, -0.2) is 26.9 Å². The highest BCUT2D eigenvalue weighted by atomic mass is 79.9. The number of allylic oxidation sites excluding steroid dienone is 1. The number of nitrogens with one attached hydrogen (secondary N) is 1. The third-order valence-electron chi connectivity index (χ3n) is 2.41. The molecule has 0 saturated carbocycles. The minimum Gasteiger partial charge on any atom is -0.488 e. The SMILES string of the molecule is CC=CCOc1c(Br)cccc1CNCCOC. The highest BCUT2D eigenvalue weighted by molar-refractivity contribution is 9.10. The van der Waals surface area contributed by atoms with Crippen molar-refractivity contribution in [2.45, 2.75) is 13.5 Å². The van der Waals surface area contributed by atoms with Gasteiger partial charge in [0, 0.05) is 25.8 Å². The Morgan fingerprint density at radius 1 is 1.39 bits per heavy atom. The lowest BCUT2D eigenvalue weighted by Crippen LogP contribution is -2.19. The normalized spacial score (nSPS) is 11.1. The van der Waals surface area contributed by atoms with Crippen LogP contribution in [0.2, 0.25) is 0 Å². The van der Waals surface area contributed by atoms with E-state index in [1.54, 1.807) is 7.11 Å². The number of hydrogen-bond donors (Lipinski definition) is 1. The maximum Gasteiger partial charge on any atom is 0.138 e. The molecule has 0 aromatic heterocycles. The van der Waals surface area contributed by atoms with Crippen LogP contribution in [0.1, 0.15) is 12.5 Å². The molecule has 0 spiro atoms. The van der Waals surface area contributed by atoms with E-state index in [2.05, 4.69) is 27.3 Å².